The number of aliphatic carboxylic acids is 1. The number of carboxylic acid groups (broad SMARTS) is 1. The van der Waals surface area contributed by atoms with E-state index in [1.165, 1.54) is 0 Å². The summed E-state index contributed by atoms with van der Waals surface area (Å²) in [5, 5.41) is 10.8. The quantitative estimate of drug-likeness (QED) is 0.732. The standard InChI is InChI=1S/C12H13NO3/c1-2-5-9-6-3-4-7-10(9)12(16)13-8-11(14)15/h2-4,6-7H,1,5,8H2,(H,13,16)(H,14,15). The average molecular weight is 219 g/mol. The van der Waals surface area contributed by atoms with Crippen LogP contribution >= 0.6 is 0 Å². The number of allylic oxidation sites excluding steroid dienone is 1. The fraction of sp³-hybridized carbons (Fsp3) is 0.167. The van der Waals surface area contributed by atoms with Gasteiger partial charge in [-0.2, -0.15) is 0 Å². The zero-order valence-corrected chi connectivity index (χ0v) is 8.77. The summed E-state index contributed by atoms with van der Waals surface area (Å²) < 4.78 is 0. The van der Waals surface area contributed by atoms with Crippen molar-refractivity contribution in [1.29, 1.82) is 0 Å². The number of benzene rings is 1. The van der Waals surface area contributed by atoms with Gasteiger partial charge < -0.3 is 10.4 Å². The Morgan fingerprint density at radius 1 is 1.38 bits per heavy atom. The van der Waals surface area contributed by atoms with Crippen molar-refractivity contribution in [1.82, 2.24) is 5.32 Å². The molecule has 0 bridgehead atoms. The maximum absolute atomic E-state index is 11.6. The Hall–Kier alpha value is -2.10. The summed E-state index contributed by atoms with van der Waals surface area (Å²) in [4.78, 5) is 22.0. The minimum atomic E-state index is -1.06. The van der Waals surface area contributed by atoms with Gasteiger partial charge in [0.2, 0.25) is 0 Å². The molecule has 1 aromatic carbocycles. The Kier molecular flexibility index (Phi) is 4.27. The number of nitrogens with one attached hydrogen (secondary N) is 1. The summed E-state index contributed by atoms with van der Waals surface area (Å²) in [6, 6.07) is 7.04. The Labute approximate surface area is 93.6 Å². The van der Waals surface area contributed by atoms with Crippen LogP contribution in [0.15, 0.2) is 36.9 Å². The number of hydrogen-bond donors (Lipinski definition) is 2. The molecule has 0 aliphatic heterocycles. The third-order valence-electron chi connectivity index (χ3n) is 2.03. The Morgan fingerprint density at radius 2 is 2.06 bits per heavy atom. The number of hydrogen-bond acceptors (Lipinski definition) is 2. The summed E-state index contributed by atoms with van der Waals surface area (Å²) in [7, 11) is 0. The first-order chi connectivity index (χ1) is 7.65. The summed E-state index contributed by atoms with van der Waals surface area (Å²) in [6.45, 7) is 3.23. The van der Waals surface area contributed by atoms with Crippen molar-refractivity contribution in [3.63, 3.8) is 0 Å². The van der Waals surface area contributed by atoms with E-state index in [0.717, 1.165) is 5.56 Å². The molecule has 2 N–H and O–H groups in total. The van der Waals surface area contributed by atoms with Crippen molar-refractivity contribution >= 4 is 11.9 Å². The summed E-state index contributed by atoms with van der Waals surface area (Å²) >= 11 is 0. The topological polar surface area (TPSA) is 66.4 Å². The van der Waals surface area contributed by atoms with Crippen LogP contribution in [-0.2, 0) is 11.2 Å². The van der Waals surface area contributed by atoms with Crippen LogP contribution in [0.2, 0.25) is 0 Å². The van der Waals surface area contributed by atoms with Gasteiger partial charge >= 0.3 is 5.97 Å². The Balaban J connectivity index is 2.81. The molecule has 0 spiro atoms. The van der Waals surface area contributed by atoms with Crippen molar-refractivity contribution in [3.8, 4) is 0 Å². The van der Waals surface area contributed by atoms with Crippen LogP contribution in [0.1, 0.15) is 15.9 Å². The first kappa shape index (κ1) is 12.0. The summed E-state index contributed by atoms with van der Waals surface area (Å²) in [5.41, 5.74) is 1.32. The average Bonchev–Trinajstić information content (AvgIpc) is 2.27. The second-order valence-corrected chi connectivity index (χ2v) is 3.23. The molecular formula is C12H13NO3. The van der Waals surface area contributed by atoms with Gasteiger partial charge in [-0.15, -0.1) is 6.58 Å². The molecule has 0 heterocycles. The summed E-state index contributed by atoms with van der Waals surface area (Å²) in [5.74, 6) is -1.44. The number of carbonyl (C=O) groups is 2. The minimum Gasteiger partial charge on any atom is -0.480 e. The molecule has 0 aliphatic rings. The normalized spacial score (nSPS) is 9.50. The molecule has 84 valence electrons. The molecule has 0 radical (unpaired) electrons. The Bertz CT molecular complexity index is 412. The maximum Gasteiger partial charge on any atom is 0.322 e. The van der Waals surface area contributed by atoms with Gasteiger partial charge in [0.15, 0.2) is 0 Å². The highest BCUT2D eigenvalue weighted by molar-refractivity contribution is 5.97. The lowest BCUT2D eigenvalue weighted by Crippen LogP contribution is -2.29. The SMILES string of the molecule is C=CCc1ccccc1C(=O)NCC(=O)O. The predicted octanol–water partition coefficient (Wildman–Crippen LogP) is 1.23. The van der Waals surface area contributed by atoms with E-state index in [1.54, 1.807) is 18.2 Å². The monoisotopic (exact) mass is 219 g/mol. The lowest BCUT2D eigenvalue weighted by Gasteiger charge is -2.07. The minimum absolute atomic E-state index is 0.374. The van der Waals surface area contributed by atoms with E-state index in [9.17, 15) is 9.59 Å². The lowest BCUT2D eigenvalue weighted by atomic mass is 10.0. The van der Waals surface area contributed by atoms with E-state index in [1.807, 2.05) is 12.1 Å². The van der Waals surface area contributed by atoms with Gasteiger partial charge in [-0.1, -0.05) is 24.3 Å². The van der Waals surface area contributed by atoms with Gasteiger partial charge in [-0.3, -0.25) is 9.59 Å². The molecule has 0 unspecified atom stereocenters. The number of carbonyl (C=O) groups excluding carboxylic acids is 1. The molecule has 16 heavy (non-hydrogen) atoms. The second-order valence-electron chi connectivity index (χ2n) is 3.23. The van der Waals surface area contributed by atoms with Gasteiger partial charge in [0.1, 0.15) is 6.54 Å². The van der Waals surface area contributed by atoms with Gasteiger partial charge in [-0.25, -0.2) is 0 Å². The van der Waals surface area contributed by atoms with Crippen LogP contribution in [0.4, 0.5) is 0 Å². The molecule has 0 aliphatic carbocycles. The van der Waals surface area contributed by atoms with Crippen molar-refractivity contribution < 1.29 is 14.7 Å². The van der Waals surface area contributed by atoms with E-state index in [-0.39, 0.29) is 12.5 Å². The van der Waals surface area contributed by atoms with E-state index in [4.69, 9.17) is 5.11 Å². The van der Waals surface area contributed by atoms with Gasteiger partial charge in [0.05, 0.1) is 0 Å². The second kappa shape index (κ2) is 5.70. The molecule has 1 rings (SSSR count). The highest BCUT2D eigenvalue weighted by Gasteiger charge is 2.10. The highest BCUT2D eigenvalue weighted by atomic mass is 16.4. The first-order valence-corrected chi connectivity index (χ1v) is 4.84. The van der Waals surface area contributed by atoms with Crippen LogP contribution in [0.25, 0.3) is 0 Å². The molecule has 0 fully saturated rings. The number of rotatable bonds is 5. The molecule has 0 saturated carbocycles. The van der Waals surface area contributed by atoms with Gasteiger partial charge in [0, 0.05) is 5.56 Å². The van der Waals surface area contributed by atoms with E-state index < -0.39 is 5.97 Å². The molecule has 1 aromatic rings. The first-order valence-electron chi connectivity index (χ1n) is 4.84. The van der Waals surface area contributed by atoms with Crippen LogP contribution in [-0.4, -0.2) is 23.5 Å². The third-order valence-corrected chi connectivity index (χ3v) is 2.03. The molecule has 0 saturated heterocycles. The predicted molar refractivity (Wildman–Crippen MR) is 60.3 cm³/mol. The van der Waals surface area contributed by atoms with Crippen LogP contribution in [0, 0.1) is 0 Å². The van der Waals surface area contributed by atoms with E-state index in [0.29, 0.717) is 12.0 Å². The fourth-order valence-electron chi connectivity index (χ4n) is 1.33. The molecule has 1 amide bonds. The summed E-state index contributed by atoms with van der Waals surface area (Å²) in [6.07, 6.45) is 2.28. The molecule has 0 atom stereocenters. The maximum atomic E-state index is 11.6. The zero-order chi connectivity index (χ0) is 12.0. The molecule has 0 aromatic heterocycles. The Morgan fingerprint density at radius 3 is 2.69 bits per heavy atom. The zero-order valence-electron chi connectivity index (χ0n) is 8.77. The van der Waals surface area contributed by atoms with Crippen molar-refractivity contribution in [3.05, 3.63) is 48.0 Å². The number of amides is 1. The lowest BCUT2D eigenvalue weighted by molar-refractivity contribution is -0.135. The third kappa shape index (κ3) is 3.24. The van der Waals surface area contributed by atoms with E-state index >= 15 is 0 Å². The van der Waals surface area contributed by atoms with Crippen molar-refractivity contribution in [2.75, 3.05) is 6.54 Å². The molecular weight excluding hydrogens is 206 g/mol. The van der Waals surface area contributed by atoms with Crippen molar-refractivity contribution in [2.45, 2.75) is 6.42 Å². The van der Waals surface area contributed by atoms with Gasteiger partial charge in [-0.05, 0) is 18.1 Å². The van der Waals surface area contributed by atoms with Gasteiger partial charge in [0.25, 0.3) is 5.91 Å². The molecule has 4 heteroatoms. The number of carboxylic acids is 1. The van der Waals surface area contributed by atoms with Crippen molar-refractivity contribution in [2.24, 2.45) is 0 Å². The molecule has 4 nitrogen and oxygen atoms in total. The van der Waals surface area contributed by atoms with Crippen LogP contribution in [0.5, 0.6) is 0 Å². The highest BCUT2D eigenvalue weighted by Crippen LogP contribution is 2.09. The van der Waals surface area contributed by atoms with Crippen LogP contribution < -0.4 is 5.32 Å². The van der Waals surface area contributed by atoms with Crippen LogP contribution in [0.3, 0.4) is 0 Å². The smallest absolute Gasteiger partial charge is 0.322 e. The fourth-order valence-corrected chi connectivity index (χ4v) is 1.33. The largest absolute Gasteiger partial charge is 0.480 e. The van der Waals surface area contributed by atoms with E-state index in [2.05, 4.69) is 11.9 Å².